The van der Waals surface area contributed by atoms with Crippen LogP contribution in [-0.4, -0.2) is 56.2 Å². The number of hydrogen-bond acceptors (Lipinski definition) is 6. The average molecular weight is 472 g/mol. The second-order valence-electron chi connectivity index (χ2n) is 7.43. The number of hydrogen-bond donors (Lipinski definition) is 0. The van der Waals surface area contributed by atoms with Crippen LogP contribution in [0.25, 0.3) is 11.3 Å². The van der Waals surface area contributed by atoms with Crippen molar-refractivity contribution >= 4 is 22.4 Å². The first-order valence-corrected chi connectivity index (χ1v) is 11.9. The molecule has 2 aromatic carbocycles. The lowest BCUT2D eigenvalue weighted by molar-refractivity contribution is 0.0985. The van der Waals surface area contributed by atoms with Gasteiger partial charge in [-0.2, -0.15) is 0 Å². The number of benzene rings is 2. The molecule has 0 aliphatic rings. The maximum atomic E-state index is 13.4. The Morgan fingerprint density at radius 1 is 1.03 bits per heavy atom. The summed E-state index contributed by atoms with van der Waals surface area (Å²) in [6, 6.07) is 11.1. The molecule has 1 heterocycles. The molecule has 176 valence electrons. The van der Waals surface area contributed by atoms with Crippen LogP contribution < -0.4 is 14.4 Å². The van der Waals surface area contributed by atoms with Gasteiger partial charge in [-0.15, -0.1) is 11.3 Å². The Balaban J connectivity index is 1.91. The van der Waals surface area contributed by atoms with Crippen LogP contribution in [0.1, 0.15) is 30.6 Å². The minimum Gasteiger partial charge on any atom is -0.497 e. The summed E-state index contributed by atoms with van der Waals surface area (Å²) in [7, 11) is 3.22. The molecule has 3 aromatic rings. The summed E-state index contributed by atoms with van der Waals surface area (Å²) in [6.07, 6.45) is 0.798. The third kappa shape index (κ3) is 6.09. The van der Waals surface area contributed by atoms with E-state index in [1.165, 1.54) is 35.6 Å². The van der Waals surface area contributed by atoms with Gasteiger partial charge in [-0.05, 0) is 68.5 Å². The first-order valence-electron chi connectivity index (χ1n) is 11.0. The largest absolute Gasteiger partial charge is 0.497 e. The zero-order valence-corrected chi connectivity index (χ0v) is 20.3. The molecule has 0 aliphatic heterocycles. The van der Waals surface area contributed by atoms with Crippen molar-refractivity contribution in [2.45, 2.75) is 20.3 Å². The maximum Gasteiger partial charge on any atom is 0.260 e. The van der Waals surface area contributed by atoms with Crippen LogP contribution in [0.4, 0.5) is 9.52 Å². The molecule has 6 nitrogen and oxygen atoms in total. The zero-order valence-electron chi connectivity index (χ0n) is 19.5. The normalized spacial score (nSPS) is 11.0. The summed E-state index contributed by atoms with van der Waals surface area (Å²) in [5.74, 6) is 0.791. The van der Waals surface area contributed by atoms with Gasteiger partial charge in [0.15, 0.2) is 5.13 Å². The molecule has 3 rings (SSSR count). The van der Waals surface area contributed by atoms with Crippen molar-refractivity contribution in [1.29, 1.82) is 0 Å². The molecule has 0 saturated carbocycles. The van der Waals surface area contributed by atoms with Gasteiger partial charge >= 0.3 is 0 Å². The predicted octanol–water partition coefficient (Wildman–Crippen LogP) is 5.35. The van der Waals surface area contributed by atoms with E-state index in [4.69, 9.17) is 14.5 Å². The fraction of sp³-hybridized carbons (Fsp3) is 0.360. The number of aromatic nitrogens is 1. The van der Waals surface area contributed by atoms with E-state index in [0.29, 0.717) is 34.4 Å². The van der Waals surface area contributed by atoms with E-state index >= 15 is 0 Å². The van der Waals surface area contributed by atoms with Crippen molar-refractivity contribution in [3.8, 4) is 22.8 Å². The Morgan fingerprint density at radius 2 is 1.76 bits per heavy atom. The maximum absolute atomic E-state index is 13.4. The molecule has 0 atom stereocenters. The van der Waals surface area contributed by atoms with Crippen LogP contribution in [0.5, 0.6) is 11.5 Å². The van der Waals surface area contributed by atoms with E-state index in [9.17, 15) is 9.18 Å². The Morgan fingerprint density at radius 3 is 2.39 bits per heavy atom. The summed E-state index contributed by atoms with van der Waals surface area (Å²) in [4.78, 5) is 22.1. The van der Waals surface area contributed by atoms with Gasteiger partial charge in [0.2, 0.25) is 0 Å². The van der Waals surface area contributed by atoms with E-state index in [2.05, 4.69) is 18.7 Å². The molecule has 0 spiro atoms. The summed E-state index contributed by atoms with van der Waals surface area (Å²) in [5.41, 5.74) is 1.91. The number of carbonyl (C=O) groups excluding carboxylic acids is 1. The zero-order chi connectivity index (χ0) is 23.8. The summed E-state index contributed by atoms with van der Waals surface area (Å²) in [6.45, 7) is 7.55. The molecule has 1 aromatic heterocycles. The van der Waals surface area contributed by atoms with E-state index in [-0.39, 0.29) is 11.7 Å². The summed E-state index contributed by atoms with van der Waals surface area (Å²) in [5, 5.41) is 2.49. The number of halogens is 1. The highest BCUT2D eigenvalue weighted by atomic mass is 32.1. The molecule has 0 N–H and O–H groups in total. The smallest absolute Gasteiger partial charge is 0.260 e. The predicted molar refractivity (Wildman–Crippen MR) is 131 cm³/mol. The Labute approximate surface area is 198 Å². The standard InChI is InChI=1S/C25H30FN3O3S/c1-5-28(6-2)14-7-15-29(24(30)18-8-10-19(26)11-9-18)25-27-22(17-33-25)21-16-20(31-3)12-13-23(21)32-4/h8-13,16-17H,5-7,14-15H2,1-4H3. The number of carbonyl (C=O) groups is 1. The minimum atomic E-state index is -0.374. The fourth-order valence-corrected chi connectivity index (χ4v) is 4.40. The lowest BCUT2D eigenvalue weighted by atomic mass is 10.1. The monoisotopic (exact) mass is 471 g/mol. The molecule has 0 aliphatic carbocycles. The van der Waals surface area contributed by atoms with Crippen LogP contribution in [-0.2, 0) is 0 Å². The number of nitrogens with zero attached hydrogens (tertiary/aromatic N) is 3. The quantitative estimate of drug-likeness (QED) is 0.378. The van der Waals surface area contributed by atoms with Crippen molar-refractivity contribution in [3.63, 3.8) is 0 Å². The molecule has 0 unspecified atom stereocenters. The lowest BCUT2D eigenvalue weighted by Gasteiger charge is -2.23. The first kappa shape index (κ1) is 24.7. The minimum absolute atomic E-state index is 0.201. The number of rotatable bonds is 11. The number of ether oxygens (including phenoxy) is 2. The summed E-state index contributed by atoms with van der Waals surface area (Å²) < 4.78 is 24.3. The highest BCUT2D eigenvalue weighted by Crippen LogP contribution is 2.36. The van der Waals surface area contributed by atoms with Gasteiger partial charge in [-0.25, -0.2) is 9.37 Å². The fourth-order valence-electron chi connectivity index (χ4n) is 3.55. The highest BCUT2D eigenvalue weighted by Gasteiger charge is 2.22. The number of methoxy groups -OCH3 is 2. The number of anilines is 1. The van der Waals surface area contributed by atoms with Crippen LogP contribution in [0.15, 0.2) is 47.8 Å². The SMILES string of the molecule is CCN(CC)CCCN(C(=O)c1ccc(F)cc1)c1nc(-c2cc(OC)ccc2OC)cs1. The second kappa shape index (κ2) is 11.8. The Bertz CT molecular complexity index is 1050. The van der Waals surface area contributed by atoms with Gasteiger partial charge in [0.05, 0.1) is 19.9 Å². The van der Waals surface area contributed by atoms with Crippen molar-refractivity contribution in [3.05, 3.63) is 59.2 Å². The van der Waals surface area contributed by atoms with Gasteiger partial charge < -0.3 is 14.4 Å². The van der Waals surface area contributed by atoms with Gasteiger partial charge in [-0.3, -0.25) is 9.69 Å². The molecular formula is C25H30FN3O3S. The van der Waals surface area contributed by atoms with E-state index in [0.717, 1.165) is 31.6 Å². The number of thiazole rings is 1. The van der Waals surface area contributed by atoms with E-state index in [1.807, 2.05) is 23.6 Å². The van der Waals surface area contributed by atoms with Gasteiger partial charge in [0.25, 0.3) is 5.91 Å². The van der Waals surface area contributed by atoms with Crippen LogP contribution in [0, 0.1) is 5.82 Å². The molecule has 0 bridgehead atoms. The molecule has 33 heavy (non-hydrogen) atoms. The molecule has 0 radical (unpaired) electrons. The Hall–Kier alpha value is -2.97. The van der Waals surface area contributed by atoms with Crippen molar-refractivity contribution in [1.82, 2.24) is 9.88 Å². The van der Waals surface area contributed by atoms with Crippen LogP contribution >= 0.6 is 11.3 Å². The molecule has 0 saturated heterocycles. The number of amides is 1. The Kier molecular flexibility index (Phi) is 8.79. The third-order valence-electron chi connectivity index (χ3n) is 5.49. The van der Waals surface area contributed by atoms with E-state index < -0.39 is 0 Å². The van der Waals surface area contributed by atoms with Crippen molar-refractivity contribution in [2.75, 3.05) is 45.3 Å². The second-order valence-corrected chi connectivity index (χ2v) is 8.26. The van der Waals surface area contributed by atoms with Gasteiger partial charge in [0.1, 0.15) is 17.3 Å². The molecule has 1 amide bonds. The lowest BCUT2D eigenvalue weighted by Crippen LogP contribution is -2.34. The van der Waals surface area contributed by atoms with Crippen molar-refractivity contribution in [2.24, 2.45) is 0 Å². The first-order chi connectivity index (χ1) is 16.0. The van der Waals surface area contributed by atoms with Crippen LogP contribution in [0.3, 0.4) is 0 Å². The van der Waals surface area contributed by atoms with Crippen LogP contribution in [0.2, 0.25) is 0 Å². The van der Waals surface area contributed by atoms with Crippen molar-refractivity contribution < 1.29 is 18.7 Å². The van der Waals surface area contributed by atoms with E-state index in [1.54, 1.807) is 19.1 Å². The molecule has 0 fully saturated rings. The molecule has 8 heteroatoms. The highest BCUT2D eigenvalue weighted by molar-refractivity contribution is 7.14. The average Bonchev–Trinajstić information content (AvgIpc) is 3.33. The topological polar surface area (TPSA) is 54.9 Å². The van der Waals surface area contributed by atoms with Gasteiger partial charge in [-0.1, -0.05) is 13.8 Å². The van der Waals surface area contributed by atoms with Gasteiger partial charge in [0, 0.05) is 23.1 Å². The summed E-state index contributed by atoms with van der Waals surface area (Å²) >= 11 is 1.39. The molecular weight excluding hydrogens is 441 g/mol. The third-order valence-corrected chi connectivity index (χ3v) is 6.36.